The van der Waals surface area contributed by atoms with E-state index in [1.807, 2.05) is 12.1 Å². The molecule has 5 heteroatoms. The molecular formula is C16H18N2O3. The predicted octanol–water partition coefficient (Wildman–Crippen LogP) is 2.32. The van der Waals surface area contributed by atoms with Gasteiger partial charge in [0.1, 0.15) is 6.10 Å². The third-order valence-corrected chi connectivity index (χ3v) is 4.99. The second kappa shape index (κ2) is 4.16. The highest BCUT2D eigenvalue weighted by Gasteiger charge is 2.53. The number of benzene rings is 1. The van der Waals surface area contributed by atoms with Gasteiger partial charge in [0.15, 0.2) is 11.5 Å². The van der Waals surface area contributed by atoms with Crippen molar-refractivity contribution < 1.29 is 14.7 Å². The summed E-state index contributed by atoms with van der Waals surface area (Å²) in [6.45, 7) is 0.981. The van der Waals surface area contributed by atoms with Crippen LogP contribution in [0.5, 0.6) is 11.5 Å². The van der Waals surface area contributed by atoms with Crippen molar-refractivity contribution in [2.45, 2.75) is 24.4 Å². The second-order valence-electron chi connectivity index (χ2n) is 5.94. The van der Waals surface area contributed by atoms with E-state index in [2.05, 4.69) is 29.2 Å². The first-order valence-corrected chi connectivity index (χ1v) is 7.19. The summed E-state index contributed by atoms with van der Waals surface area (Å²) in [4.78, 5) is 2.26. The molecule has 0 aromatic heterocycles. The molecule has 1 aromatic rings. The zero-order valence-electron chi connectivity index (χ0n) is 12.2. The summed E-state index contributed by atoms with van der Waals surface area (Å²) >= 11 is 0. The first-order chi connectivity index (χ1) is 10.2. The van der Waals surface area contributed by atoms with Gasteiger partial charge < -0.3 is 19.6 Å². The van der Waals surface area contributed by atoms with E-state index in [0.29, 0.717) is 12.1 Å². The lowest BCUT2D eigenvalue weighted by Crippen LogP contribution is -2.46. The van der Waals surface area contributed by atoms with Crippen LogP contribution < -0.4 is 14.4 Å². The molecule has 0 radical (unpaired) electrons. The molecule has 2 atom stereocenters. The van der Waals surface area contributed by atoms with Gasteiger partial charge in [0.05, 0.1) is 18.2 Å². The Kier molecular flexibility index (Phi) is 2.49. The van der Waals surface area contributed by atoms with Crippen LogP contribution in [-0.4, -0.2) is 37.7 Å². The highest BCUT2D eigenvalue weighted by atomic mass is 16.5. The molecule has 2 aliphatic heterocycles. The number of rotatable bonds is 1. The van der Waals surface area contributed by atoms with Gasteiger partial charge in [-0.25, -0.2) is 0 Å². The minimum absolute atomic E-state index is 0.0212. The number of hydrogen-bond acceptors (Lipinski definition) is 5. The first kappa shape index (κ1) is 12.6. The van der Waals surface area contributed by atoms with Crippen LogP contribution in [0.3, 0.4) is 0 Å². The summed E-state index contributed by atoms with van der Waals surface area (Å²) in [6, 6.07) is 4.07. The molecule has 5 nitrogen and oxygen atoms in total. The van der Waals surface area contributed by atoms with E-state index in [0.717, 1.165) is 24.5 Å². The van der Waals surface area contributed by atoms with Crippen LogP contribution in [0, 0.1) is 0 Å². The van der Waals surface area contributed by atoms with Crippen molar-refractivity contribution in [1.82, 2.24) is 0 Å². The van der Waals surface area contributed by atoms with E-state index in [4.69, 9.17) is 14.7 Å². The fourth-order valence-electron chi connectivity index (χ4n) is 3.84. The Labute approximate surface area is 123 Å². The fourth-order valence-corrected chi connectivity index (χ4v) is 3.84. The smallest absolute Gasteiger partial charge is 0.167 e. The Bertz CT molecular complexity index is 668. The highest BCUT2D eigenvalue weighted by molar-refractivity contribution is 5.97. The molecule has 0 saturated carbocycles. The lowest BCUT2D eigenvalue weighted by atomic mass is 9.68. The lowest BCUT2D eigenvalue weighted by molar-refractivity contribution is 0.164. The zero-order chi connectivity index (χ0) is 14.6. The largest absolute Gasteiger partial charge is 0.493 e. The molecule has 0 bridgehead atoms. The average molecular weight is 286 g/mol. The number of ether oxygens (including phenoxy) is 2. The van der Waals surface area contributed by atoms with E-state index in [1.54, 1.807) is 7.11 Å². The average Bonchev–Trinajstić information content (AvgIpc) is 2.86. The number of anilines is 1. The van der Waals surface area contributed by atoms with Crippen LogP contribution in [-0.2, 0) is 5.41 Å². The lowest BCUT2D eigenvalue weighted by Gasteiger charge is -2.41. The van der Waals surface area contributed by atoms with Crippen molar-refractivity contribution in [3.05, 3.63) is 29.8 Å². The Morgan fingerprint density at radius 3 is 3.10 bits per heavy atom. The summed E-state index contributed by atoms with van der Waals surface area (Å²) in [5, 5.41) is 12.4. The normalized spacial score (nSPS) is 30.9. The molecule has 4 rings (SSSR count). The third-order valence-electron chi connectivity index (χ3n) is 4.99. The van der Waals surface area contributed by atoms with E-state index in [9.17, 15) is 0 Å². The highest BCUT2D eigenvalue weighted by Crippen LogP contribution is 2.58. The standard InChI is InChI=1S/C16H18N2O3/c1-18-8-7-16-6-5-10(17-19)9-13(16)21-15-12(20-2)4-3-11(18)14(15)16/h3-6,13,19H,7-9H2,1-2H3/b17-10+/t13?,16-/m1/s1. The van der Waals surface area contributed by atoms with Gasteiger partial charge in [0.25, 0.3) is 0 Å². The molecule has 1 aliphatic carbocycles. The summed E-state index contributed by atoms with van der Waals surface area (Å²) < 4.78 is 11.7. The summed E-state index contributed by atoms with van der Waals surface area (Å²) in [7, 11) is 3.77. The molecule has 21 heavy (non-hydrogen) atoms. The summed E-state index contributed by atoms with van der Waals surface area (Å²) in [5.74, 6) is 1.61. The molecule has 110 valence electrons. The predicted molar refractivity (Wildman–Crippen MR) is 80.0 cm³/mol. The molecule has 0 amide bonds. The maximum absolute atomic E-state index is 9.04. The zero-order valence-corrected chi connectivity index (χ0v) is 12.2. The minimum atomic E-state index is -0.125. The van der Waals surface area contributed by atoms with Crippen molar-refractivity contribution in [2.75, 3.05) is 25.6 Å². The Morgan fingerprint density at radius 2 is 2.33 bits per heavy atom. The Hall–Kier alpha value is -2.17. The van der Waals surface area contributed by atoms with E-state index >= 15 is 0 Å². The van der Waals surface area contributed by atoms with E-state index in [1.165, 1.54) is 11.3 Å². The van der Waals surface area contributed by atoms with Gasteiger partial charge in [-0.15, -0.1) is 0 Å². The molecule has 1 N–H and O–H groups in total. The minimum Gasteiger partial charge on any atom is -0.493 e. The molecule has 0 saturated heterocycles. The fraction of sp³-hybridized carbons (Fsp3) is 0.438. The molecule has 0 fully saturated rings. The van der Waals surface area contributed by atoms with Crippen LogP contribution in [0.2, 0.25) is 0 Å². The van der Waals surface area contributed by atoms with E-state index in [-0.39, 0.29) is 11.5 Å². The van der Waals surface area contributed by atoms with Gasteiger partial charge in [-0.3, -0.25) is 0 Å². The Morgan fingerprint density at radius 1 is 1.48 bits per heavy atom. The van der Waals surface area contributed by atoms with Gasteiger partial charge in [-0.2, -0.15) is 0 Å². The van der Waals surface area contributed by atoms with E-state index < -0.39 is 0 Å². The maximum Gasteiger partial charge on any atom is 0.167 e. The molecular weight excluding hydrogens is 268 g/mol. The molecule has 1 spiro atoms. The summed E-state index contributed by atoms with van der Waals surface area (Å²) in [6.07, 6.45) is 5.67. The van der Waals surface area contributed by atoms with Crippen molar-refractivity contribution >= 4 is 11.4 Å². The van der Waals surface area contributed by atoms with Crippen LogP contribution >= 0.6 is 0 Å². The second-order valence-corrected chi connectivity index (χ2v) is 5.94. The van der Waals surface area contributed by atoms with Crippen molar-refractivity contribution in [2.24, 2.45) is 5.16 Å². The van der Waals surface area contributed by atoms with Gasteiger partial charge in [0.2, 0.25) is 0 Å². The number of oxime groups is 1. The molecule has 1 aromatic carbocycles. The number of nitrogens with zero attached hydrogens (tertiary/aromatic N) is 2. The van der Waals surface area contributed by atoms with Crippen LogP contribution in [0.25, 0.3) is 0 Å². The number of methoxy groups -OCH3 is 1. The molecule has 1 unspecified atom stereocenters. The quantitative estimate of drug-likeness (QED) is 0.636. The first-order valence-electron chi connectivity index (χ1n) is 7.19. The van der Waals surface area contributed by atoms with Crippen molar-refractivity contribution in [1.29, 1.82) is 0 Å². The molecule has 3 aliphatic rings. The van der Waals surface area contributed by atoms with Crippen molar-refractivity contribution in [3.8, 4) is 11.5 Å². The van der Waals surface area contributed by atoms with Crippen LogP contribution in [0.4, 0.5) is 5.69 Å². The third kappa shape index (κ3) is 1.49. The molecule has 2 heterocycles. The number of hydrogen-bond donors (Lipinski definition) is 1. The maximum atomic E-state index is 9.04. The SMILES string of the molecule is COc1ccc2c3c1OC1C/C(=N/O)C=C[C@]31CCN2C. The van der Waals surface area contributed by atoms with Crippen LogP contribution in [0.1, 0.15) is 18.4 Å². The Balaban J connectivity index is 1.96. The topological polar surface area (TPSA) is 54.3 Å². The summed E-state index contributed by atoms with van der Waals surface area (Å²) in [5.41, 5.74) is 2.96. The van der Waals surface area contributed by atoms with Gasteiger partial charge in [-0.05, 0) is 24.6 Å². The van der Waals surface area contributed by atoms with Crippen LogP contribution in [0.15, 0.2) is 29.4 Å². The number of allylic oxidation sites excluding steroid dienone is 1. The van der Waals surface area contributed by atoms with Gasteiger partial charge >= 0.3 is 0 Å². The van der Waals surface area contributed by atoms with Crippen molar-refractivity contribution in [3.63, 3.8) is 0 Å². The monoisotopic (exact) mass is 286 g/mol. The van der Waals surface area contributed by atoms with Gasteiger partial charge in [0, 0.05) is 31.3 Å². The van der Waals surface area contributed by atoms with Gasteiger partial charge in [-0.1, -0.05) is 11.2 Å².